The fourth-order valence-corrected chi connectivity index (χ4v) is 1.66. The van der Waals surface area contributed by atoms with Crippen molar-refractivity contribution in [2.45, 2.75) is 19.0 Å². The predicted octanol–water partition coefficient (Wildman–Crippen LogP) is 1.37. The molecule has 1 heterocycles. The number of Topliss-reactive ketones (excluding diaryl/α,β-unsaturated/α-hetero) is 1. The molecule has 0 aromatic carbocycles. The molecule has 16 heavy (non-hydrogen) atoms. The van der Waals surface area contributed by atoms with Gasteiger partial charge >= 0.3 is 0 Å². The Kier molecular flexibility index (Phi) is 3.64. The number of hydrogen-bond acceptors (Lipinski definition) is 5. The molecule has 0 atom stereocenters. The minimum Gasteiger partial charge on any atom is -0.292 e. The quantitative estimate of drug-likeness (QED) is 0.607. The number of sulfone groups is 1. The normalized spacial score (nSPS) is 11.8. The maximum absolute atomic E-state index is 11.7. The summed E-state index contributed by atoms with van der Waals surface area (Å²) in [6.07, 6.45) is 2.10. The maximum atomic E-state index is 11.7. The number of hydrogen-bond donors (Lipinski definition) is 0. The summed E-state index contributed by atoms with van der Waals surface area (Å²) in [5.41, 5.74) is -0.0490. The zero-order valence-corrected chi connectivity index (χ0v) is 10.6. The number of aromatic nitrogens is 2. The van der Waals surface area contributed by atoms with Crippen LogP contribution in [0, 0.1) is 5.92 Å². The molecule has 1 rings (SSSR count). The number of nitrogens with zero attached hydrogens (tertiary/aromatic N) is 2. The molecule has 0 N–H and O–H groups in total. The summed E-state index contributed by atoms with van der Waals surface area (Å²) in [5, 5.41) is -0.327. The molecule has 88 valence electrons. The smallest absolute Gasteiger partial charge is 0.247 e. The van der Waals surface area contributed by atoms with E-state index in [1.165, 1.54) is 0 Å². The highest BCUT2D eigenvalue weighted by atomic mass is 35.5. The summed E-state index contributed by atoms with van der Waals surface area (Å²) < 4.78 is 22.4. The van der Waals surface area contributed by atoms with E-state index in [1.807, 2.05) is 0 Å². The molecule has 0 aliphatic carbocycles. The SMILES string of the molecule is CC(C)C(=O)c1nc(S(C)(=O)=O)ncc1Cl. The lowest BCUT2D eigenvalue weighted by atomic mass is 10.1. The van der Waals surface area contributed by atoms with Gasteiger partial charge in [-0.1, -0.05) is 25.4 Å². The monoisotopic (exact) mass is 262 g/mol. The van der Waals surface area contributed by atoms with Crippen LogP contribution in [0.15, 0.2) is 11.4 Å². The lowest BCUT2D eigenvalue weighted by Gasteiger charge is -2.06. The summed E-state index contributed by atoms with van der Waals surface area (Å²) in [7, 11) is -3.53. The Morgan fingerprint density at radius 2 is 2.00 bits per heavy atom. The summed E-state index contributed by atoms with van der Waals surface area (Å²) >= 11 is 5.74. The second kappa shape index (κ2) is 4.47. The van der Waals surface area contributed by atoms with Gasteiger partial charge < -0.3 is 0 Å². The Hall–Kier alpha value is -1.01. The average Bonchev–Trinajstić information content (AvgIpc) is 2.15. The molecule has 0 saturated carbocycles. The van der Waals surface area contributed by atoms with Gasteiger partial charge in [0, 0.05) is 12.2 Å². The van der Waals surface area contributed by atoms with Crippen molar-refractivity contribution in [3.8, 4) is 0 Å². The van der Waals surface area contributed by atoms with Crippen molar-refractivity contribution in [1.82, 2.24) is 9.97 Å². The van der Waals surface area contributed by atoms with Crippen molar-refractivity contribution in [1.29, 1.82) is 0 Å². The number of rotatable bonds is 3. The lowest BCUT2D eigenvalue weighted by Crippen LogP contribution is -2.14. The topological polar surface area (TPSA) is 77.0 Å². The molecule has 0 aliphatic heterocycles. The van der Waals surface area contributed by atoms with Crippen LogP contribution in [0.4, 0.5) is 0 Å². The Labute approximate surface area is 98.8 Å². The summed E-state index contributed by atoms with van der Waals surface area (Å²) in [5.74, 6) is -0.614. The molecule has 0 unspecified atom stereocenters. The van der Waals surface area contributed by atoms with Crippen molar-refractivity contribution >= 4 is 27.2 Å². The van der Waals surface area contributed by atoms with Gasteiger partial charge in [-0.15, -0.1) is 0 Å². The van der Waals surface area contributed by atoms with Gasteiger partial charge in [0.25, 0.3) is 0 Å². The number of carbonyl (C=O) groups is 1. The van der Waals surface area contributed by atoms with Crippen molar-refractivity contribution < 1.29 is 13.2 Å². The van der Waals surface area contributed by atoms with Gasteiger partial charge in [-0.05, 0) is 0 Å². The van der Waals surface area contributed by atoms with E-state index in [-0.39, 0.29) is 27.6 Å². The van der Waals surface area contributed by atoms with Crippen molar-refractivity contribution in [3.05, 3.63) is 16.9 Å². The van der Waals surface area contributed by atoms with Gasteiger partial charge in [-0.3, -0.25) is 4.79 Å². The zero-order valence-electron chi connectivity index (χ0n) is 9.06. The molecule has 7 heteroatoms. The zero-order chi connectivity index (χ0) is 12.5. The highest BCUT2D eigenvalue weighted by Gasteiger charge is 2.20. The van der Waals surface area contributed by atoms with E-state index >= 15 is 0 Å². The maximum Gasteiger partial charge on any atom is 0.247 e. The average molecular weight is 263 g/mol. The molecular weight excluding hydrogens is 252 g/mol. The minimum absolute atomic E-state index is 0.0490. The molecule has 0 fully saturated rings. The van der Waals surface area contributed by atoms with Crippen LogP contribution in [-0.2, 0) is 9.84 Å². The summed E-state index contributed by atoms with van der Waals surface area (Å²) in [4.78, 5) is 18.9. The number of carbonyl (C=O) groups excluding carboxylic acids is 1. The van der Waals surface area contributed by atoms with Crippen LogP contribution in [0.1, 0.15) is 24.3 Å². The van der Waals surface area contributed by atoms with Crippen LogP contribution >= 0.6 is 11.6 Å². The lowest BCUT2D eigenvalue weighted by molar-refractivity contribution is 0.0933. The predicted molar refractivity (Wildman–Crippen MR) is 59.3 cm³/mol. The molecule has 0 radical (unpaired) electrons. The van der Waals surface area contributed by atoms with Gasteiger partial charge in [0.2, 0.25) is 15.0 Å². The fraction of sp³-hybridized carbons (Fsp3) is 0.444. The third-order valence-electron chi connectivity index (χ3n) is 1.81. The van der Waals surface area contributed by atoms with Gasteiger partial charge in [-0.25, -0.2) is 18.4 Å². The minimum atomic E-state index is -3.53. The fourth-order valence-electron chi connectivity index (χ4n) is 0.976. The molecule has 0 bridgehead atoms. The molecule has 0 saturated heterocycles. The van der Waals surface area contributed by atoms with Crippen molar-refractivity contribution in [2.75, 3.05) is 6.26 Å². The first-order valence-corrected chi connectivity index (χ1v) is 6.77. The third kappa shape index (κ3) is 2.76. The Morgan fingerprint density at radius 3 is 2.44 bits per heavy atom. The summed E-state index contributed by atoms with van der Waals surface area (Å²) in [6, 6.07) is 0. The second-order valence-corrected chi connectivity index (χ2v) is 5.96. The van der Waals surface area contributed by atoms with Crippen molar-refractivity contribution in [3.63, 3.8) is 0 Å². The molecule has 0 amide bonds. The van der Waals surface area contributed by atoms with E-state index in [9.17, 15) is 13.2 Å². The van der Waals surface area contributed by atoms with Gasteiger partial charge in [0.05, 0.1) is 11.2 Å². The number of halogens is 1. The van der Waals surface area contributed by atoms with Gasteiger partial charge in [-0.2, -0.15) is 0 Å². The largest absolute Gasteiger partial charge is 0.292 e. The first-order chi connectivity index (χ1) is 7.23. The standard InChI is InChI=1S/C9H11ClN2O3S/c1-5(2)8(13)7-6(10)4-11-9(12-7)16(3,14)15/h4-5H,1-3H3. The van der Waals surface area contributed by atoms with Gasteiger partial charge in [0.1, 0.15) is 5.69 Å². The van der Waals surface area contributed by atoms with Crippen LogP contribution in [-0.4, -0.2) is 30.4 Å². The van der Waals surface area contributed by atoms with E-state index in [1.54, 1.807) is 13.8 Å². The molecular formula is C9H11ClN2O3S. The Morgan fingerprint density at radius 1 is 1.44 bits per heavy atom. The first-order valence-electron chi connectivity index (χ1n) is 4.50. The van der Waals surface area contributed by atoms with Crippen LogP contribution < -0.4 is 0 Å². The molecule has 0 aliphatic rings. The molecule has 0 spiro atoms. The second-order valence-electron chi connectivity index (χ2n) is 3.64. The highest BCUT2D eigenvalue weighted by molar-refractivity contribution is 7.90. The van der Waals surface area contributed by atoms with E-state index in [4.69, 9.17) is 11.6 Å². The third-order valence-corrected chi connectivity index (χ3v) is 2.95. The van der Waals surface area contributed by atoms with E-state index < -0.39 is 9.84 Å². The van der Waals surface area contributed by atoms with Crippen LogP contribution in [0.2, 0.25) is 5.02 Å². The van der Waals surface area contributed by atoms with Crippen molar-refractivity contribution in [2.24, 2.45) is 5.92 Å². The Bertz CT molecular complexity index is 526. The van der Waals surface area contributed by atoms with E-state index in [2.05, 4.69) is 9.97 Å². The summed E-state index contributed by atoms with van der Waals surface area (Å²) in [6.45, 7) is 3.36. The van der Waals surface area contributed by atoms with Crippen LogP contribution in [0.5, 0.6) is 0 Å². The molecule has 1 aromatic rings. The Balaban J connectivity index is 3.36. The highest BCUT2D eigenvalue weighted by Crippen LogP contribution is 2.17. The van der Waals surface area contributed by atoms with E-state index in [0.29, 0.717) is 0 Å². The van der Waals surface area contributed by atoms with E-state index in [0.717, 1.165) is 12.5 Å². The molecule has 5 nitrogen and oxygen atoms in total. The van der Waals surface area contributed by atoms with Gasteiger partial charge in [0.15, 0.2) is 5.78 Å². The van der Waals surface area contributed by atoms with Crippen LogP contribution in [0.3, 0.4) is 0 Å². The molecule has 1 aromatic heterocycles. The van der Waals surface area contributed by atoms with Crippen LogP contribution in [0.25, 0.3) is 0 Å². The first kappa shape index (κ1) is 13.1. The number of ketones is 1.